The van der Waals surface area contributed by atoms with Crippen molar-refractivity contribution in [2.75, 3.05) is 6.66 Å². The van der Waals surface area contributed by atoms with E-state index in [9.17, 15) is 25.2 Å². The molecule has 7 heteroatoms. The number of benzene rings is 3. The molecule has 0 aromatic heterocycles. The molecule has 6 fully saturated rings. The Morgan fingerprint density at radius 3 is 1.29 bits per heavy atom. The minimum absolute atomic E-state index is 0.0892. The predicted molar refractivity (Wildman–Crippen MR) is 355 cm³/mol. The number of halogens is 1. The number of hydrogen-bond donors (Lipinski definition) is 4. The second kappa shape index (κ2) is 23.7. The first-order valence-electron chi connectivity index (χ1n) is 33.2. The Bertz CT molecular complexity index is 2600. The van der Waals surface area contributed by atoms with Gasteiger partial charge in [-0.2, -0.15) is 0 Å². The van der Waals surface area contributed by atoms with Gasteiger partial charge in [0.05, 0.1) is 22.4 Å². The van der Waals surface area contributed by atoms with Gasteiger partial charge >= 0.3 is 134 Å². The number of aliphatic hydroxyl groups is 4. The molecule has 0 aliphatic heterocycles. The third-order valence-corrected chi connectivity index (χ3v) is 34.0. The molecule has 0 bridgehead atoms. The number of hydrogen-bond acceptors (Lipinski definition) is 5. The zero-order valence-corrected chi connectivity index (χ0v) is 56.4. The molecular formula is C76H112BrO5P. The molecule has 8 aliphatic carbocycles. The van der Waals surface area contributed by atoms with E-state index in [1.54, 1.807) is 0 Å². The first kappa shape index (κ1) is 64.8. The van der Waals surface area contributed by atoms with Crippen molar-refractivity contribution in [2.24, 2.45) is 80.8 Å². The van der Waals surface area contributed by atoms with E-state index in [4.69, 9.17) is 0 Å². The molecule has 458 valence electrons. The van der Waals surface area contributed by atoms with Crippen LogP contribution in [0.3, 0.4) is 0 Å². The summed E-state index contributed by atoms with van der Waals surface area (Å²) >= 11 is 4.24. The van der Waals surface area contributed by atoms with Crippen molar-refractivity contribution in [3.63, 3.8) is 0 Å². The number of allylic oxidation sites excluding steroid dienone is 3. The Morgan fingerprint density at radius 2 is 0.916 bits per heavy atom. The van der Waals surface area contributed by atoms with Crippen LogP contribution in [-0.4, -0.2) is 55.3 Å². The fourth-order valence-corrected chi connectivity index (χ4v) is 25.7. The molecule has 0 spiro atoms. The van der Waals surface area contributed by atoms with Gasteiger partial charge in [0, 0.05) is 5.92 Å². The number of ketones is 1. The van der Waals surface area contributed by atoms with Crippen LogP contribution in [0.1, 0.15) is 212 Å². The van der Waals surface area contributed by atoms with Crippen LogP contribution in [0.25, 0.3) is 0 Å². The van der Waals surface area contributed by atoms with Gasteiger partial charge in [0.25, 0.3) is 0 Å². The van der Waals surface area contributed by atoms with E-state index in [-0.39, 0.29) is 22.2 Å². The molecule has 0 radical (unpaired) electrons. The summed E-state index contributed by atoms with van der Waals surface area (Å²) in [5, 5.41) is 43.9. The van der Waals surface area contributed by atoms with Gasteiger partial charge in [0.1, 0.15) is 0 Å². The van der Waals surface area contributed by atoms with E-state index in [0.29, 0.717) is 59.0 Å². The van der Waals surface area contributed by atoms with Crippen molar-refractivity contribution in [2.45, 2.75) is 234 Å². The molecule has 3 aromatic rings. The molecule has 0 amide bonds. The molecular weight excluding hydrogens is 1100 g/mol. The zero-order valence-electron chi connectivity index (χ0n) is 54.0. The average Bonchev–Trinajstić information content (AvgIpc) is 1.92. The Balaban J connectivity index is 0.000000153. The molecule has 4 N–H and O–H groups in total. The fraction of sp³-hybridized carbons (Fsp3) is 0.671. The van der Waals surface area contributed by atoms with Crippen molar-refractivity contribution in [1.82, 2.24) is 0 Å². The summed E-state index contributed by atoms with van der Waals surface area (Å²) in [6.45, 7) is 33.7. The summed E-state index contributed by atoms with van der Waals surface area (Å²) in [7, 11) is 0. The van der Waals surface area contributed by atoms with E-state index in [1.807, 2.05) is 33.8 Å². The van der Waals surface area contributed by atoms with Gasteiger partial charge in [-0.3, -0.25) is 4.79 Å². The molecule has 6 saturated carbocycles. The first-order valence-corrected chi connectivity index (χ1v) is 37.9. The summed E-state index contributed by atoms with van der Waals surface area (Å²) in [4.78, 5) is 13.6. The van der Waals surface area contributed by atoms with Crippen LogP contribution >= 0.6 is 20.8 Å². The van der Waals surface area contributed by atoms with Crippen LogP contribution in [0.15, 0.2) is 126 Å². The summed E-state index contributed by atoms with van der Waals surface area (Å²) in [5.41, 5.74) is 2.81. The normalized spacial score (nSPS) is 37.8. The molecule has 11 rings (SSSR count). The molecule has 0 unspecified atom stereocenters. The van der Waals surface area contributed by atoms with E-state index in [1.165, 1.54) is 77.6 Å². The van der Waals surface area contributed by atoms with Gasteiger partial charge < -0.3 is 20.4 Å². The summed E-state index contributed by atoms with van der Waals surface area (Å²) < 4.78 is 0. The number of carbonyl (C=O) groups excluding carboxylic acids is 1. The topological polar surface area (TPSA) is 98.0 Å². The maximum atomic E-state index is 13.6. The fourth-order valence-electron chi connectivity index (χ4n) is 20.0. The Hall–Kier alpha value is -2.70. The molecule has 0 heterocycles. The number of carbonyl (C=O) groups is 1. The van der Waals surface area contributed by atoms with Gasteiger partial charge in [-0.1, -0.05) is 84.8 Å². The minimum atomic E-state index is -2.56. The Labute approximate surface area is 512 Å². The van der Waals surface area contributed by atoms with E-state index < -0.39 is 27.7 Å². The molecule has 0 saturated heterocycles. The van der Waals surface area contributed by atoms with E-state index >= 15 is 0 Å². The molecule has 83 heavy (non-hydrogen) atoms. The standard InChI is InChI=1S/C29H48O2.C28H46O3.C19H18BrP/c1-8-29(31)16-15-27(6)21(18-29)17-20(3)25-23-10-9-22(19(2)11-13-26(4,5)30)28(23,7)14-12-24(25)27;1-7-28(31)15-14-26(5)19(17-28)16-23(29)24-21-9-8-20(18(2)10-12-25(3,4)30)27(21,6)13-11-22(24)26;1-21(20,17-11-5-2-6-12-17,18-13-7-3-8-14-18)19-15-9-4-10-16-19/h17,19,22-25,30-31H,3,8-16,18H2,1-2,4-7H3;16,18,20-22,24,30-31H,7-15,17H2,1-6H3;2-16H,1H3/t19-,22-,23+,24+,25+,27+,28-,29+;18-,20-,21+,22+,24+,26+,27-,28+;/m11./s1. The number of fused-ring (bicyclic) bond motifs is 10. The number of rotatable bonds is 13. The van der Waals surface area contributed by atoms with Gasteiger partial charge in [-0.05, 0) is 237 Å². The first-order chi connectivity index (χ1) is 38.8. The predicted octanol–water partition coefficient (Wildman–Crippen LogP) is 17.6. The van der Waals surface area contributed by atoms with Gasteiger partial charge in [0.2, 0.25) is 0 Å². The van der Waals surface area contributed by atoms with Crippen molar-refractivity contribution < 1.29 is 25.2 Å². The van der Waals surface area contributed by atoms with Gasteiger partial charge in [-0.15, -0.1) is 0 Å². The summed E-state index contributed by atoms with van der Waals surface area (Å²) in [6, 6.07) is 32.3. The quantitative estimate of drug-likeness (QED) is 0.128. The van der Waals surface area contributed by atoms with Crippen LogP contribution in [0.2, 0.25) is 0 Å². The molecule has 8 aliphatic rings. The molecule has 5 nitrogen and oxygen atoms in total. The zero-order chi connectivity index (χ0) is 60.4. The van der Waals surface area contributed by atoms with Crippen LogP contribution in [0, 0.1) is 80.8 Å². The van der Waals surface area contributed by atoms with Gasteiger partial charge in [0.15, 0.2) is 5.78 Å². The Kier molecular flexibility index (Phi) is 18.5. The third-order valence-electron chi connectivity index (χ3n) is 25.7. The van der Waals surface area contributed by atoms with Crippen LogP contribution < -0.4 is 15.9 Å². The molecule has 3 aromatic carbocycles. The molecule has 16 atom stereocenters. The van der Waals surface area contributed by atoms with Crippen molar-refractivity contribution in [1.29, 1.82) is 0 Å². The van der Waals surface area contributed by atoms with E-state index in [2.05, 4.69) is 181 Å². The van der Waals surface area contributed by atoms with Crippen molar-refractivity contribution >= 4 is 42.5 Å². The SMILES string of the molecule is C=C1C=C2C[C@](O)(CC)CC[C@]2(C)[C@H]2CC[C@]3(C)[C@@H]([C@H](C)CCC(C)(C)O)CC[C@H]3[C@H]12.CC[C@]1(O)CC[C@@]2(C)C(=CC(=O)[C@H]3[C@@H]4CC[C@H]([C@H](C)CCC(C)(C)O)[C@@]4(C)CC[C@@H]32)C1.CP(Br)(c1ccccc1)(c1ccccc1)c1ccccc1. The van der Waals surface area contributed by atoms with Crippen molar-refractivity contribution in [3.05, 3.63) is 126 Å². The summed E-state index contributed by atoms with van der Waals surface area (Å²) in [5.74, 6) is 6.22. The van der Waals surface area contributed by atoms with Crippen LogP contribution in [-0.2, 0) is 4.79 Å². The second-order valence-electron chi connectivity index (χ2n) is 31.7. The van der Waals surface area contributed by atoms with Crippen molar-refractivity contribution in [3.8, 4) is 0 Å². The van der Waals surface area contributed by atoms with Gasteiger partial charge in [-0.25, -0.2) is 0 Å². The van der Waals surface area contributed by atoms with Crippen LogP contribution in [0.5, 0.6) is 0 Å². The summed E-state index contributed by atoms with van der Waals surface area (Å²) in [6.07, 6.45) is 25.6. The van der Waals surface area contributed by atoms with E-state index in [0.717, 1.165) is 88.9 Å². The monoisotopic (exact) mass is 1210 g/mol. The Morgan fingerprint density at radius 1 is 0.554 bits per heavy atom. The maximum absolute atomic E-state index is 13.6. The second-order valence-corrected chi connectivity index (χ2v) is 41.4. The third kappa shape index (κ3) is 12.2. The van der Waals surface area contributed by atoms with Crippen LogP contribution in [0.4, 0.5) is 0 Å². The average molecular weight is 1220 g/mol.